The first-order valence-corrected chi connectivity index (χ1v) is 10.3. The number of β-lactam (4-membered cyclic amide) rings is 1. The Balaban J connectivity index is 1.80. The minimum atomic E-state index is -1.72. The van der Waals surface area contributed by atoms with Gasteiger partial charge in [-0.3, -0.25) is 14.4 Å². The minimum absolute atomic E-state index is 0.0301. The first-order chi connectivity index (χ1) is 13.9. The molecule has 2 aliphatic rings. The fourth-order valence-electron chi connectivity index (χ4n) is 2.71. The van der Waals surface area contributed by atoms with Crippen molar-refractivity contribution in [3.63, 3.8) is 0 Å². The maximum Gasteiger partial charge on any atom is 0.350 e. The molecule has 5 N–H and O–H groups in total. The van der Waals surface area contributed by atoms with Crippen molar-refractivity contribution in [2.75, 3.05) is 12.3 Å². The number of carboxylic acid groups (broad SMARTS) is 2. The van der Waals surface area contributed by atoms with Crippen molar-refractivity contribution in [1.29, 1.82) is 0 Å². The van der Waals surface area contributed by atoms with E-state index in [4.69, 9.17) is 15.7 Å². The van der Waals surface area contributed by atoms with Crippen molar-refractivity contribution in [1.82, 2.24) is 15.2 Å². The molecule has 0 aromatic carbocycles. The predicted molar refractivity (Wildman–Crippen MR) is 107 cm³/mol. The van der Waals surface area contributed by atoms with Crippen molar-refractivity contribution in [2.45, 2.75) is 42.5 Å². The highest BCUT2D eigenvalue weighted by molar-refractivity contribution is 8.02. The molecule has 3 heterocycles. The Kier molecular flexibility index (Phi) is 5.41. The van der Waals surface area contributed by atoms with Gasteiger partial charge in [0.2, 0.25) is 11.5 Å². The average Bonchev–Trinajstić information content (AvgIpc) is 3.22. The number of oxime groups is 1. The van der Waals surface area contributed by atoms with Crippen LogP contribution in [0, 0.1) is 0 Å². The van der Waals surface area contributed by atoms with E-state index in [-0.39, 0.29) is 23.1 Å². The molecule has 12 nitrogen and oxygen atoms in total. The van der Waals surface area contributed by atoms with E-state index in [0.717, 1.165) is 23.1 Å². The number of nitrogens with zero attached hydrogens (tertiary/aromatic N) is 3. The van der Waals surface area contributed by atoms with Crippen molar-refractivity contribution in [3.05, 3.63) is 11.1 Å². The molecule has 0 radical (unpaired) electrons. The molecule has 0 spiro atoms. The maximum atomic E-state index is 12.8. The first kappa shape index (κ1) is 21.8. The first-order valence-electron chi connectivity index (χ1n) is 8.59. The van der Waals surface area contributed by atoms with Gasteiger partial charge in [-0.05, 0) is 20.8 Å². The highest BCUT2D eigenvalue weighted by Gasteiger charge is 2.60. The number of aliphatic carboxylic acids is 2. The lowest BCUT2D eigenvalue weighted by atomic mass is 10.0. The number of amides is 2. The molecule has 0 saturated carbocycles. The molecular formula is C16H19N5O7S2. The second-order valence-electron chi connectivity index (χ2n) is 7.38. The molecule has 2 fully saturated rings. The van der Waals surface area contributed by atoms with Crippen LogP contribution in [0.4, 0.5) is 5.13 Å². The van der Waals surface area contributed by atoms with Gasteiger partial charge in [0.25, 0.3) is 5.91 Å². The summed E-state index contributed by atoms with van der Waals surface area (Å²) in [5.41, 5.74) is 3.58. The number of thiazole rings is 1. The number of hydrogen-bond acceptors (Lipinski definition) is 10. The molecule has 162 valence electrons. The summed E-state index contributed by atoms with van der Waals surface area (Å²) in [7, 11) is 0. The lowest BCUT2D eigenvalue weighted by Crippen LogP contribution is -2.68. The monoisotopic (exact) mass is 457 g/mol. The number of carbonyl (C=O) groups excluding carboxylic acids is 2. The molecule has 14 heteroatoms. The van der Waals surface area contributed by atoms with Crippen molar-refractivity contribution < 1.29 is 34.2 Å². The van der Waals surface area contributed by atoms with E-state index in [0.29, 0.717) is 0 Å². The SMILES string of the molecule is CC(C)(O/N=C(\C(=O)N[C@@H]1C(=O)N2C[C@](C)(C(=O)O)SC12)c1csc(N)n1)C(=O)O. The Morgan fingerprint density at radius 2 is 2.10 bits per heavy atom. The van der Waals surface area contributed by atoms with Crippen LogP contribution in [0.15, 0.2) is 10.5 Å². The molecule has 30 heavy (non-hydrogen) atoms. The van der Waals surface area contributed by atoms with E-state index in [9.17, 15) is 24.3 Å². The Morgan fingerprint density at radius 1 is 1.43 bits per heavy atom. The second kappa shape index (κ2) is 7.43. The highest BCUT2D eigenvalue weighted by atomic mass is 32.2. The van der Waals surface area contributed by atoms with Gasteiger partial charge in [0.15, 0.2) is 10.8 Å². The largest absolute Gasteiger partial charge is 0.480 e. The zero-order valence-electron chi connectivity index (χ0n) is 16.1. The zero-order chi connectivity index (χ0) is 22.4. The van der Waals surface area contributed by atoms with E-state index in [1.807, 2.05) is 0 Å². The van der Waals surface area contributed by atoms with Gasteiger partial charge in [-0.15, -0.1) is 23.1 Å². The summed E-state index contributed by atoms with van der Waals surface area (Å²) in [6.45, 7) is 4.04. The molecule has 0 aliphatic carbocycles. The fraction of sp³-hybridized carbons (Fsp3) is 0.500. The average molecular weight is 457 g/mol. The molecule has 2 aliphatic heterocycles. The molecule has 1 aromatic heterocycles. The number of rotatable bonds is 7. The third kappa shape index (κ3) is 3.79. The van der Waals surface area contributed by atoms with Crippen LogP contribution in [-0.4, -0.2) is 77.9 Å². The number of thioether (sulfide) groups is 1. The number of fused-ring (bicyclic) bond motifs is 1. The number of carboxylic acids is 2. The Bertz CT molecular complexity index is 962. The van der Waals surface area contributed by atoms with E-state index >= 15 is 0 Å². The van der Waals surface area contributed by atoms with Gasteiger partial charge in [-0.1, -0.05) is 5.16 Å². The lowest BCUT2D eigenvalue weighted by Gasteiger charge is -2.41. The van der Waals surface area contributed by atoms with E-state index in [1.54, 1.807) is 0 Å². The van der Waals surface area contributed by atoms with Gasteiger partial charge in [-0.25, -0.2) is 9.78 Å². The van der Waals surface area contributed by atoms with Crippen LogP contribution in [0.2, 0.25) is 0 Å². The molecule has 1 aromatic rings. The van der Waals surface area contributed by atoms with E-state index in [1.165, 1.54) is 31.1 Å². The summed E-state index contributed by atoms with van der Waals surface area (Å²) in [6.07, 6.45) is 0. The van der Waals surface area contributed by atoms with Gasteiger partial charge in [0.05, 0.1) is 0 Å². The van der Waals surface area contributed by atoms with Gasteiger partial charge in [-0.2, -0.15) is 0 Å². The number of nitrogen functional groups attached to an aromatic ring is 1. The normalized spacial score (nSPS) is 26.0. The molecule has 3 atom stereocenters. The van der Waals surface area contributed by atoms with Crippen LogP contribution in [-0.2, 0) is 24.0 Å². The molecule has 1 unspecified atom stereocenters. The zero-order valence-corrected chi connectivity index (χ0v) is 17.7. The van der Waals surface area contributed by atoms with Gasteiger partial charge in [0.1, 0.15) is 21.9 Å². The van der Waals surface area contributed by atoms with Crippen LogP contribution in [0.25, 0.3) is 0 Å². The number of aromatic nitrogens is 1. The van der Waals surface area contributed by atoms with E-state index in [2.05, 4.69) is 15.5 Å². The van der Waals surface area contributed by atoms with Crippen molar-refractivity contribution in [2.24, 2.45) is 5.16 Å². The summed E-state index contributed by atoms with van der Waals surface area (Å²) in [5, 5.41) is 25.8. The number of nitrogens with two attached hydrogens (primary N) is 1. The Labute approximate surface area is 178 Å². The van der Waals surface area contributed by atoms with Crippen LogP contribution < -0.4 is 11.1 Å². The molecule has 0 bridgehead atoms. The minimum Gasteiger partial charge on any atom is -0.480 e. The molecule has 2 saturated heterocycles. The lowest BCUT2D eigenvalue weighted by molar-refractivity contribution is -0.161. The topological polar surface area (TPSA) is 185 Å². The predicted octanol–water partition coefficient (Wildman–Crippen LogP) is -0.448. The third-order valence-corrected chi connectivity index (χ3v) is 6.86. The fourth-order valence-corrected chi connectivity index (χ4v) is 4.73. The number of anilines is 1. The third-order valence-electron chi connectivity index (χ3n) is 4.59. The molecular weight excluding hydrogens is 438 g/mol. The smallest absolute Gasteiger partial charge is 0.350 e. The Hall–Kier alpha value is -2.87. The molecule has 3 rings (SSSR count). The summed E-state index contributed by atoms with van der Waals surface area (Å²) < 4.78 is -1.17. The van der Waals surface area contributed by atoms with Gasteiger partial charge < -0.3 is 31.0 Å². The number of nitrogens with one attached hydrogen (secondary N) is 1. The van der Waals surface area contributed by atoms with Crippen molar-refractivity contribution in [3.8, 4) is 0 Å². The number of hydrogen-bond donors (Lipinski definition) is 4. The second-order valence-corrected chi connectivity index (χ2v) is 9.89. The Morgan fingerprint density at radius 3 is 2.63 bits per heavy atom. The summed E-state index contributed by atoms with van der Waals surface area (Å²) in [4.78, 5) is 58.3. The summed E-state index contributed by atoms with van der Waals surface area (Å²) in [6, 6.07) is -0.961. The number of carbonyl (C=O) groups is 4. The molecule has 2 amide bonds. The van der Waals surface area contributed by atoms with Crippen molar-refractivity contribution >= 4 is 57.7 Å². The van der Waals surface area contributed by atoms with Crippen LogP contribution in [0.5, 0.6) is 0 Å². The standard InChI is InChI=1S/C16H19N5O7S2/c1-15(2,12(24)25)28-20-7(6-4-29-14(17)18-6)9(22)19-8-10(23)21-5-16(3,13(26)27)30-11(8)21/h4,8,11H,5H2,1-3H3,(H2,17,18)(H,19,22)(H,24,25)(H,26,27)/b20-7-/t8-,11?,16-/m1/s1. The van der Waals surface area contributed by atoms with Gasteiger partial charge in [0, 0.05) is 11.9 Å². The van der Waals surface area contributed by atoms with E-state index < -0.39 is 45.5 Å². The maximum absolute atomic E-state index is 12.8. The quantitative estimate of drug-likeness (QED) is 0.237. The van der Waals surface area contributed by atoms with Gasteiger partial charge >= 0.3 is 11.9 Å². The van der Waals surface area contributed by atoms with Crippen LogP contribution >= 0.6 is 23.1 Å². The summed E-state index contributed by atoms with van der Waals surface area (Å²) in [5.74, 6) is -3.60. The van der Waals surface area contributed by atoms with Crippen LogP contribution in [0.3, 0.4) is 0 Å². The summed E-state index contributed by atoms with van der Waals surface area (Å²) >= 11 is 2.10. The van der Waals surface area contributed by atoms with Crippen LogP contribution in [0.1, 0.15) is 26.5 Å². The highest BCUT2D eigenvalue weighted by Crippen LogP contribution is 2.46.